The molecule has 0 radical (unpaired) electrons. The third-order valence-corrected chi connectivity index (χ3v) is 3.72. The molecule has 0 spiro atoms. The first-order chi connectivity index (χ1) is 10.0. The lowest BCUT2D eigenvalue weighted by molar-refractivity contribution is 0.171. The van der Waals surface area contributed by atoms with E-state index >= 15 is 0 Å². The summed E-state index contributed by atoms with van der Waals surface area (Å²) in [6.07, 6.45) is 0.349. The Balaban J connectivity index is 2.30. The molecule has 2 rings (SSSR count). The van der Waals surface area contributed by atoms with E-state index in [2.05, 4.69) is 0 Å². The highest BCUT2D eigenvalue weighted by Crippen LogP contribution is 2.29. The summed E-state index contributed by atoms with van der Waals surface area (Å²) < 4.78 is 19.1. The topological polar surface area (TPSA) is 35.2 Å². The van der Waals surface area contributed by atoms with E-state index in [1.54, 1.807) is 6.07 Å². The van der Waals surface area contributed by atoms with Crippen LogP contribution in [0.15, 0.2) is 42.5 Å². The van der Waals surface area contributed by atoms with Crippen LogP contribution in [0, 0.1) is 5.82 Å². The van der Waals surface area contributed by atoms with E-state index in [-0.39, 0.29) is 17.2 Å². The summed E-state index contributed by atoms with van der Waals surface area (Å²) in [5.74, 6) is -0.0154. The summed E-state index contributed by atoms with van der Waals surface area (Å²) in [7, 11) is 0. The van der Waals surface area contributed by atoms with Gasteiger partial charge in [0.1, 0.15) is 17.7 Å². The normalized spacial score (nSPS) is 13.8. The van der Waals surface area contributed by atoms with E-state index in [1.807, 2.05) is 25.1 Å². The highest BCUT2D eigenvalue weighted by atomic mass is 35.5. The Kier molecular flexibility index (Phi) is 5.45. The fourth-order valence-electron chi connectivity index (χ4n) is 2.00. The van der Waals surface area contributed by atoms with Crippen LogP contribution in [0.5, 0.6) is 5.75 Å². The number of nitrogens with two attached hydrogens (primary N) is 1. The standard InChI is InChI=1S/C16H16Cl2FNO/c1-2-15(20)16(10-4-3-5-11(17)8-10)21-12-6-7-14(19)13(18)9-12/h3-9,15-16H,2,20H2,1H3. The molecule has 0 aliphatic rings. The molecule has 0 aliphatic carbocycles. The zero-order valence-electron chi connectivity index (χ0n) is 11.5. The fraction of sp³-hybridized carbons (Fsp3) is 0.250. The van der Waals surface area contributed by atoms with Crippen molar-refractivity contribution in [2.45, 2.75) is 25.5 Å². The Hall–Kier alpha value is -1.29. The lowest BCUT2D eigenvalue weighted by atomic mass is 10.0. The van der Waals surface area contributed by atoms with Gasteiger partial charge in [0.2, 0.25) is 0 Å². The summed E-state index contributed by atoms with van der Waals surface area (Å²) in [6.45, 7) is 1.98. The van der Waals surface area contributed by atoms with Crippen molar-refractivity contribution in [1.29, 1.82) is 0 Å². The van der Waals surface area contributed by atoms with Crippen LogP contribution in [0.3, 0.4) is 0 Å². The minimum Gasteiger partial charge on any atom is -0.484 e. The van der Waals surface area contributed by atoms with Gasteiger partial charge < -0.3 is 10.5 Å². The van der Waals surface area contributed by atoms with Gasteiger partial charge in [-0.15, -0.1) is 0 Å². The molecule has 2 N–H and O–H groups in total. The van der Waals surface area contributed by atoms with Crippen LogP contribution in [0.25, 0.3) is 0 Å². The van der Waals surface area contributed by atoms with Crippen LogP contribution in [0.2, 0.25) is 10.0 Å². The number of ether oxygens (including phenoxy) is 1. The Bertz CT molecular complexity index is 621. The SMILES string of the molecule is CCC(N)C(Oc1ccc(F)c(Cl)c1)c1cccc(Cl)c1. The van der Waals surface area contributed by atoms with Gasteiger partial charge in [0.25, 0.3) is 0 Å². The van der Waals surface area contributed by atoms with Crippen LogP contribution < -0.4 is 10.5 Å². The molecule has 2 aromatic rings. The predicted molar refractivity (Wildman–Crippen MR) is 84.5 cm³/mol. The molecule has 2 nitrogen and oxygen atoms in total. The maximum absolute atomic E-state index is 13.2. The first kappa shape index (κ1) is 16.1. The average Bonchev–Trinajstić information content (AvgIpc) is 2.47. The van der Waals surface area contributed by atoms with Crippen molar-refractivity contribution in [3.63, 3.8) is 0 Å². The molecule has 0 heterocycles. The third kappa shape index (κ3) is 4.10. The van der Waals surface area contributed by atoms with E-state index in [1.165, 1.54) is 18.2 Å². The molecule has 5 heteroatoms. The zero-order chi connectivity index (χ0) is 15.4. The van der Waals surface area contributed by atoms with Crippen molar-refractivity contribution >= 4 is 23.2 Å². The lowest BCUT2D eigenvalue weighted by Crippen LogP contribution is -2.31. The van der Waals surface area contributed by atoms with Crippen molar-refractivity contribution in [3.8, 4) is 5.75 Å². The fourth-order valence-corrected chi connectivity index (χ4v) is 2.37. The van der Waals surface area contributed by atoms with E-state index in [4.69, 9.17) is 33.7 Å². The molecule has 0 bridgehead atoms. The van der Waals surface area contributed by atoms with Crippen LogP contribution in [-0.2, 0) is 0 Å². The number of benzene rings is 2. The van der Waals surface area contributed by atoms with E-state index in [0.29, 0.717) is 10.8 Å². The highest BCUT2D eigenvalue weighted by molar-refractivity contribution is 6.31. The average molecular weight is 328 g/mol. The third-order valence-electron chi connectivity index (χ3n) is 3.19. The highest BCUT2D eigenvalue weighted by Gasteiger charge is 2.21. The number of rotatable bonds is 5. The Morgan fingerprint density at radius 2 is 1.95 bits per heavy atom. The second-order valence-electron chi connectivity index (χ2n) is 4.74. The van der Waals surface area contributed by atoms with Gasteiger partial charge in [-0.25, -0.2) is 4.39 Å². The Morgan fingerprint density at radius 1 is 1.19 bits per heavy atom. The van der Waals surface area contributed by atoms with Gasteiger partial charge in [-0.3, -0.25) is 0 Å². The molecule has 0 fully saturated rings. The predicted octanol–water partition coefficient (Wildman–Crippen LogP) is 4.99. The van der Waals surface area contributed by atoms with Gasteiger partial charge in [0, 0.05) is 17.1 Å². The molecular formula is C16H16Cl2FNO. The number of halogens is 3. The molecule has 0 saturated carbocycles. The minimum atomic E-state index is -0.483. The molecule has 2 unspecified atom stereocenters. The maximum atomic E-state index is 13.2. The molecule has 21 heavy (non-hydrogen) atoms. The number of hydrogen-bond donors (Lipinski definition) is 1. The van der Waals surface area contributed by atoms with Crippen molar-refractivity contribution in [1.82, 2.24) is 0 Å². The van der Waals surface area contributed by atoms with E-state index in [9.17, 15) is 4.39 Å². The molecule has 112 valence electrons. The van der Waals surface area contributed by atoms with Crippen molar-refractivity contribution in [3.05, 3.63) is 63.9 Å². The van der Waals surface area contributed by atoms with Crippen molar-refractivity contribution in [2.24, 2.45) is 5.73 Å². The largest absolute Gasteiger partial charge is 0.484 e. The molecule has 2 aromatic carbocycles. The zero-order valence-corrected chi connectivity index (χ0v) is 13.0. The first-order valence-electron chi connectivity index (χ1n) is 6.64. The summed E-state index contributed by atoms with van der Waals surface area (Å²) in [5, 5.41) is 0.629. The summed E-state index contributed by atoms with van der Waals surface area (Å²) in [6, 6.07) is 11.4. The monoisotopic (exact) mass is 327 g/mol. The quantitative estimate of drug-likeness (QED) is 0.839. The van der Waals surface area contributed by atoms with Crippen LogP contribution in [0.1, 0.15) is 25.0 Å². The summed E-state index contributed by atoms with van der Waals surface area (Å²) >= 11 is 11.8. The Labute approximate surface area is 133 Å². The van der Waals surface area contributed by atoms with Gasteiger partial charge in [-0.1, -0.05) is 42.3 Å². The second-order valence-corrected chi connectivity index (χ2v) is 5.59. The van der Waals surface area contributed by atoms with Gasteiger partial charge in [0.05, 0.1) is 5.02 Å². The smallest absolute Gasteiger partial charge is 0.142 e. The van der Waals surface area contributed by atoms with E-state index in [0.717, 1.165) is 12.0 Å². The minimum absolute atomic E-state index is 0.0161. The molecular weight excluding hydrogens is 312 g/mol. The van der Waals surface area contributed by atoms with Gasteiger partial charge in [0.15, 0.2) is 0 Å². The molecule has 0 amide bonds. The molecule has 0 aliphatic heterocycles. The van der Waals surface area contributed by atoms with Crippen LogP contribution >= 0.6 is 23.2 Å². The Morgan fingerprint density at radius 3 is 2.57 bits per heavy atom. The van der Waals surface area contributed by atoms with Crippen LogP contribution in [-0.4, -0.2) is 6.04 Å². The lowest BCUT2D eigenvalue weighted by Gasteiger charge is -2.25. The first-order valence-corrected chi connectivity index (χ1v) is 7.39. The van der Waals surface area contributed by atoms with Crippen LogP contribution in [0.4, 0.5) is 4.39 Å². The maximum Gasteiger partial charge on any atom is 0.142 e. The second kappa shape index (κ2) is 7.12. The van der Waals surface area contributed by atoms with E-state index < -0.39 is 5.82 Å². The van der Waals surface area contributed by atoms with Gasteiger partial charge >= 0.3 is 0 Å². The van der Waals surface area contributed by atoms with Gasteiger partial charge in [-0.05, 0) is 36.2 Å². The molecule has 0 aromatic heterocycles. The van der Waals surface area contributed by atoms with Gasteiger partial charge in [-0.2, -0.15) is 0 Å². The summed E-state index contributed by atoms with van der Waals surface area (Å²) in [4.78, 5) is 0. The molecule has 0 saturated heterocycles. The van der Waals surface area contributed by atoms with Crippen molar-refractivity contribution in [2.75, 3.05) is 0 Å². The number of hydrogen-bond acceptors (Lipinski definition) is 2. The van der Waals surface area contributed by atoms with Crippen molar-refractivity contribution < 1.29 is 9.13 Å². The summed E-state index contributed by atoms with van der Waals surface area (Å²) in [5.41, 5.74) is 7.01. The molecule has 2 atom stereocenters.